The Morgan fingerprint density at radius 1 is 0.422 bits per heavy atom. The average Bonchev–Trinajstić information content (AvgIpc) is 3.65. The Balaban J connectivity index is 1.39. The fourth-order valence-corrected chi connectivity index (χ4v) is 7.57. The molecule has 8 aromatic rings. The summed E-state index contributed by atoms with van der Waals surface area (Å²) in [5.41, 5.74) is 12.0. The van der Waals surface area contributed by atoms with E-state index in [1.54, 1.807) is 0 Å². The van der Waals surface area contributed by atoms with Crippen LogP contribution >= 0.6 is 0 Å². The second-order valence-corrected chi connectivity index (χ2v) is 11.6. The third-order valence-electron chi connectivity index (χ3n) is 9.33. The van der Waals surface area contributed by atoms with E-state index in [4.69, 9.17) is 4.42 Å². The molecule has 0 fully saturated rings. The first kappa shape index (κ1) is 25.6. The summed E-state index contributed by atoms with van der Waals surface area (Å²) >= 11 is 0. The lowest BCUT2D eigenvalue weighted by Crippen LogP contribution is -2.28. The number of furan rings is 1. The zero-order chi connectivity index (χ0) is 29.8. The molecular weight excluding hydrogens is 546 g/mol. The molecule has 1 heterocycles. The highest BCUT2D eigenvalue weighted by atomic mass is 16.3. The van der Waals surface area contributed by atoms with Crippen molar-refractivity contribution in [3.8, 4) is 11.1 Å². The molecule has 45 heavy (non-hydrogen) atoms. The summed E-state index contributed by atoms with van der Waals surface area (Å²) in [6.45, 7) is 0. The predicted molar refractivity (Wildman–Crippen MR) is 186 cm³/mol. The first-order chi connectivity index (χ1) is 22.4. The number of nitrogens with zero attached hydrogens (tertiary/aromatic N) is 1. The smallest absolute Gasteiger partial charge is 0.140 e. The van der Waals surface area contributed by atoms with Crippen molar-refractivity contribution in [1.82, 2.24) is 0 Å². The summed E-state index contributed by atoms with van der Waals surface area (Å²) in [5.74, 6) is 0. The van der Waals surface area contributed by atoms with Gasteiger partial charge in [-0.2, -0.15) is 0 Å². The van der Waals surface area contributed by atoms with E-state index in [-0.39, 0.29) is 0 Å². The van der Waals surface area contributed by atoms with Crippen LogP contribution in [0, 0.1) is 0 Å². The SMILES string of the molecule is c1ccc(N(c2ccccc2)c2cccc3oc4c(C5(c6ccccc6)c6ccccc6-c6ccccc65)cccc4c23)cc1. The quantitative estimate of drug-likeness (QED) is 0.203. The van der Waals surface area contributed by atoms with Crippen molar-refractivity contribution < 1.29 is 4.42 Å². The zero-order valence-electron chi connectivity index (χ0n) is 24.6. The highest BCUT2D eigenvalue weighted by Gasteiger charge is 2.47. The third-order valence-corrected chi connectivity index (χ3v) is 9.33. The van der Waals surface area contributed by atoms with E-state index in [1.165, 1.54) is 27.8 Å². The number of anilines is 3. The van der Waals surface area contributed by atoms with Crippen LogP contribution in [0.3, 0.4) is 0 Å². The average molecular weight is 576 g/mol. The van der Waals surface area contributed by atoms with Gasteiger partial charge < -0.3 is 9.32 Å². The summed E-state index contributed by atoms with van der Waals surface area (Å²) in [6.07, 6.45) is 0. The van der Waals surface area contributed by atoms with E-state index in [9.17, 15) is 0 Å². The normalized spacial score (nSPS) is 13.1. The molecule has 0 N–H and O–H groups in total. The minimum Gasteiger partial charge on any atom is -0.456 e. The van der Waals surface area contributed by atoms with E-state index in [1.807, 2.05) is 0 Å². The second-order valence-electron chi connectivity index (χ2n) is 11.6. The molecule has 0 unspecified atom stereocenters. The molecule has 0 saturated heterocycles. The zero-order valence-corrected chi connectivity index (χ0v) is 24.6. The summed E-state index contributed by atoms with van der Waals surface area (Å²) in [6, 6.07) is 62.9. The number of benzene rings is 7. The molecule has 0 saturated carbocycles. The molecule has 0 radical (unpaired) electrons. The Morgan fingerprint density at radius 3 is 1.56 bits per heavy atom. The molecule has 1 aliphatic rings. The standard InChI is InChI=1S/C43H29NO/c1-4-16-30(17-5-1)43(36-25-12-10-22-33(36)34-23-11-13-26-37(34)43)38-27-14-24-35-41-39(28-15-29-40(41)45-42(35)38)44(31-18-6-2-7-19-31)32-20-8-3-9-21-32/h1-29H. The monoisotopic (exact) mass is 575 g/mol. The number of para-hydroxylation sites is 3. The molecule has 7 aromatic carbocycles. The van der Waals surface area contributed by atoms with E-state index >= 15 is 0 Å². The molecular formula is C43H29NO. The first-order valence-corrected chi connectivity index (χ1v) is 15.5. The molecule has 2 nitrogen and oxygen atoms in total. The van der Waals surface area contributed by atoms with Crippen LogP contribution in [-0.4, -0.2) is 0 Å². The van der Waals surface area contributed by atoms with Crippen LogP contribution in [0.1, 0.15) is 22.3 Å². The van der Waals surface area contributed by atoms with Crippen LogP contribution in [0.2, 0.25) is 0 Å². The van der Waals surface area contributed by atoms with E-state index in [2.05, 4.69) is 181 Å². The minimum absolute atomic E-state index is 0.541. The largest absolute Gasteiger partial charge is 0.456 e. The maximum atomic E-state index is 7.01. The van der Waals surface area contributed by atoms with Gasteiger partial charge >= 0.3 is 0 Å². The summed E-state index contributed by atoms with van der Waals surface area (Å²) in [5, 5.41) is 2.21. The number of rotatable bonds is 5. The third kappa shape index (κ3) is 3.69. The van der Waals surface area contributed by atoms with E-state index in [0.29, 0.717) is 0 Å². The van der Waals surface area contributed by atoms with Gasteiger partial charge in [-0.3, -0.25) is 0 Å². The van der Waals surface area contributed by atoms with Crippen molar-refractivity contribution >= 4 is 39.0 Å². The van der Waals surface area contributed by atoms with E-state index < -0.39 is 5.41 Å². The van der Waals surface area contributed by atoms with Gasteiger partial charge in [0.05, 0.1) is 16.5 Å². The molecule has 0 amide bonds. The maximum absolute atomic E-state index is 7.01. The van der Waals surface area contributed by atoms with Crippen LogP contribution in [0.4, 0.5) is 17.1 Å². The second kappa shape index (κ2) is 10.1. The van der Waals surface area contributed by atoms with Crippen LogP contribution in [0.5, 0.6) is 0 Å². The molecule has 0 spiro atoms. The molecule has 0 aliphatic heterocycles. The Hall–Kier alpha value is -5.86. The molecule has 9 rings (SSSR count). The van der Waals surface area contributed by atoms with Gasteiger partial charge in [-0.25, -0.2) is 0 Å². The summed E-state index contributed by atoms with van der Waals surface area (Å²) in [4.78, 5) is 2.33. The van der Waals surface area contributed by atoms with Crippen molar-refractivity contribution in [1.29, 1.82) is 0 Å². The van der Waals surface area contributed by atoms with Crippen LogP contribution in [-0.2, 0) is 5.41 Å². The van der Waals surface area contributed by atoms with Crippen molar-refractivity contribution in [3.63, 3.8) is 0 Å². The molecule has 0 bridgehead atoms. The molecule has 2 heteroatoms. The fourth-order valence-electron chi connectivity index (χ4n) is 7.57. The van der Waals surface area contributed by atoms with Gasteiger partial charge in [-0.15, -0.1) is 0 Å². The van der Waals surface area contributed by atoms with Gasteiger partial charge in [-0.1, -0.05) is 140 Å². The van der Waals surface area contributed by atoms with Crippen molar-refractivity contribution in [3.05, 3.63) is 198 Å². The first-order valence-electron chi connectivity index (χ1n) is 15.5. The Morgan fingerprint density at radius 2 is 0.933 bits per heavy atom. The molecule has 212 valence electrons. The summed E-state index contributed by atoms with van der Waals surface area (Å²) in [7, 11) is 0. The minimum atomic E-state index is -0.541. The Labute approximate surface area is 262 Å². The lowest BCUT2D eigenvalue weighted by molar-refractivity contribution is 0.648. The van der Waals surface area contributed by atoms with Gasteiger partial charge in [0.25, 0.3) is 0 Å². The predicted octanol–water partition coefficient (Wildman–Crippen LogP) is 11.4. The van der Waals surface area contributed by atoms with Crippen molar-refractivity contribution in [2.75, 3.05) is 4.90 Å². The maximum Gasteiger partial charge on any atom is 0.140 e. The summed E-state index contributed by atoms with van der Waals surface area (Å²) < 4.78 is 7.01. The molecule has 0 atom stereocenters. The lowest BCUT2D eigenvalue weighted by Gasteiger charge is -2.33. The van der Waals surface area contributed by atoms with Gasteiger partial charge in [0.1, 0.15) is 11.2 Å². The lowest BCUT2D eigenvalue weighted by atomic mass is 9.67. The highest BCUT2D eigenvalue weighted by molar-refractivity contribution is 6.14. The number of hydrogen-bond acceptors (Lipinski definition) is 2. The van der Waals surface area contributed by atoms with Crippen molar-refractivity contribution in [2.45, 2.75) is 5.41 Å². The number of fused-ring (bicyclic) bond motifs is 6. The number of hydrogen-bond donors (Lipinski definition) is 0. The molecule has 1 aliphatic carbocycles. The van der Waals surface area contributed by atoms with Gasteiger partial charge in [0, 0.05) is 22.3 Å². The Bertz CT molecular complexity index is 2240. The van der Waals surface area contributed by atoms with Gasteiger partial charge in [0.15, 0.2) is 0 Å². The Kier molecular flexibility index (Phi) is 5.76. The van der Waals surface area contributed by atoms with Gasteiger partial charge in [-0.05, 0) is 64.2 Å². The highest BCUT2D eigenvalue weighted by Crippen LogP contribution is 2.58. The van der Waals surface area contributed by atoms with E-state index in [0.717, 1.165) is 44.6 Å². The van der Waals surface area contributed by atoms with Crippen LogP contribution in [0.25, 0.3) is 33.1 Å². The topological polar surface area (TPSA) is 16.4 Å². The molecule has 1 aromatic heterocycles. The van der Waals surface area contributed by atoms with Crippen molar-refractivity contribution in [2.24, 2.45) is 0 Å². The van der Waals surface area contributed by atoms with Crippen LogP contribution < -0.4 is 4.90 Å². The van der Waals surface area contributed by atoms with Crippen LogP contribution in [0.15, 0.2) is 180 Å². The van der Waals surface area contributed by atoms with Gasteiger partial charge in [0.2, 0.25) is 0 Å². The fraction of sp³-hybridized carbons (Fsp3) is 0.0233.